The fourth-order valence-electron chi connectivity index (χ4n) is 4.24. The average Bonchev–Trinajstić information content (AvgIpc) is 3.19. The van der Waals surface area contributed by atoms with Crippen molar-refractivity contribution in [1.82, 2.24) is 10.6 Å². The molecule has 5 heteroatoms. The van der Waals surface area contributed by atoms with Crippen molar-refractivity contribution in [2.75, 3.05) is 33.4 Å². The van der Waals surface area contributed by atoms with Crippen LogP contribution in [0.25, 0.3) is 0 Å². The Labute approximate surface area is 163 Å². The molecule has 150 valence electrons. The molecule has 2 fully saturated rings. The Morgan fingerprint density at radius 3 is 2.78 bits per heavy atom. The number of carbonyl (C=O) groups excluding carboxylic acids is 1. The van der Waals surface area contributed by atoms with E-state index in [2.05, 4.69) is 22.8 Å². The van der Waals surface area contributed by atoms with E-state index in [1.807, 2.05) is 12.1 Å². The van der Waals surface area contributed by atoms with Crippen LogP contribution in [-0.2, 0) is 16.0 Å². The van der Waals surface area contributed by atoms with Crippen LogP contribution in [0.15, 0.2) is 24.3 Å². The fraction of sp³-hybridized carbons (Fsp3) is 0.682. The van der Waals surface area contributed by atoms with Gasteiger partial charge in [-0.15, -0.1) is 0 Å². The van der Waals surface area contributed by atoms with E-state index in [1.165, 1.54) is 12.8 Å². The number of piperidine rings is 1. The topological polar surface area (TPSA) is 59.6 Å². The van der Waals surface area contributed by atoms with E-state index < -0.39 is 0 Å². The SMILES string of the molecule is COCC1(CNC(=O)CCc2cccc(OC3CCCC3)c2)CCNCC1. The molecule has 0 aromatic heterocycles. The molecule has 0 atom stereocenters. The van der Waals surface area contributed by atoms with E-state index in [9.17, 15) is 4.79 Å². The zero-order valence-corrected chi connectivity index (χ0v) is 16.6. The van der Waals surface area contributed by atoms with Crippen LogP contribution < -0.4 is 15.4 Å². The Morgan fingerprint density at radius 1 is 1.26 bits per heavy atom. The van der Waals surface area contributed by atoms with E-state index in [-0.39, 0.29) is 11.3 Å². The van der Waals surface area contributed by atoms with E-state index in [0.29, 0.717) is 25.7 Å². The maximum Gasteiger partial charge on any atom is 0.220 e. The second kappa shape index (κ2) is 10.1. The lowest BCUT2D eigenvalue weighted by molar-refractivity contribution is -0.122. The predicted octanol–water partition coefficient (Wildman–Crippen LogP) is 3.07. The van der Waals surface area contributed by atoms with Gasteiger partial charge in [-0.3, -0.25) is 4.79 Å². The van der Waals surface area contributed by atoms with Crippen molar-refractivity contribution in [2.24, 2.45) is 5.41 Å². The Hall–Kier alpha value is -1.59. The summed E-state index contributed by atoms with van der Waals surface area (Å²) in [7, 11) is 1.74. The van der Waals surface area contributed by atoms with Gasteiger partial charge in [0.25, 0.3) is 0 Å². The third-order valence-electron chi connectivity index (χ3n) is 5.92. The normalized spacial score (nSPS) is 19.7. The summed E-state index contributed by atoms with van der Waals surface area (Å²) in [6.45, 7) is 3.39. The first-order valence-electron chi connectivity index (χ1n) is 10.4. The number of amides is 1. The summed E-state index contributed by atoms with van der Waals surface area (Å²) in [6, 6.07) is 8.21. The number of ether oxygens (including phenoxy) is 2. The Morgan fingerprint density at radius 2 is 2.04 bits per heavy atom. The molecule has 5 nitrogen and oxygen atoms in total. The standard InChI is InChI=1S/C22H34N2O3/c1-26-17-22(11-13-23-14-12-22)16-24-21(25)10-9-18-5-4-8-20(15-18)27-19-6-2-3-7-19/h4-5,8,15,19,23H,2-3,6-7,9-14,16-17H2,1H3,(H,24,25). The van der Waals surface area contributed by atoms with E-state index in [4.69, 9.17) is 9.47 Å². The predicted molar refractivity (Wildman–Crippen MR) is 107 cm³/mol. The van der Waals surface area contributed by atoms with Crippen molar-refractivity contribution in [1.29, 1.82) is 0 Å². The molecule has 1 saturated heterocycles. The third-order valence-corrected chi connectivity index (χ3v) is 5.92. The summed E-state index contributed by atoms with van der Waals surface area (Å²) in [5, 5.41) is 6.53. The van der Waals surface area contributed by atoms with Crippen LogP contribution in [0, 0.1) is 5.41 Å². The summed E-state index contributed by atoms with van der Waals surface area (Å²) in [5.41, 5.74) is 1.24. The highest BCUT2D eigenvalue weighted by molar-refractivity contribution is 5.76. The molecule has 0 spiro atoms. The van der Waals surface area contributed by atoms with E-state index in [1.54, 1.807) is 7.11 Å². The van der Waals surface area contributed by atoms with Gasteiger partial charge in [0.15, 0.2) is 0 Å². The highest BCUT2D eigenvalue weighted by Gasteiger charge is 2.32. The molecule has 2 aliphatic rings. The summed E-state index contributed by atoms with van der Waals surface area (Å²) in [5.74, 6) is 1.06. The van der Waals surface area contributed by atoms with Gasteiger partial charge in [-0.1, -0.05) is 12.1 Å². The molecule has 1 amide bonds. The Balaban J connectivity index is 1.44. The first kappa shape index (κ1) is 20.2. The number of benzene rings is 1. The number of carbonyl (C=O) groups is 1. The molecule has 0 unspecified atom stereocenters. The molecule has 3 rings (SSSR count). The summed E-state index contributed by atoms with van der Waals surface area (Å²) < 4.78 is 11.5. The minimum atomic E-state index is 0.0741. The number of hydrogen-bond donors (Lipinski definition) is 2. The molecule has 1 aromatic carbocycles. The first-order chi connectivity index (χ1) is 13.2. The maximum absolute atomic E-state index is 12.4. The Kier molecular flexibility index (Phi) is 7.53. The van der Waals surface area contributed by atoms with Gasteiger partial charge in [-0.05, 0) is 75.7 Å². The van der Waals surface area contributed by atoms with Gasteiger partial charge in [-0.25, -0.2) is 0 Å². The summed E-state index contributed by atoms with van der Waals surface area (Å²) >= 11 is 0. The Bertz CT molecular complexity index is 587. The molecule has 0 bridgehead atoms. The number of hydrogen-bond acceptors (Lipinski definition) is 4. The largest absolute Gasteiger partial charge is 0.490 e. The highest BCUT2D eigenvalue weighted by atomic mass is 16.5. The molecule has 2 N–H and O–H groups in total. The minimum absolute atomic E-state index is 0.0741. The van der Waals surface area contributed by atoms with Crippen molar-refractivity contribution >= 4 is 5.91 Å². The molecular weight excluding hydrogens is 340 g/mol. The van der Waals surface area contributed by atoms with Gasteiger partial charge in [0.1, 0.15) is 5.75 Å². The van der Waals surface area contributed by atoms with Gasteiger partial charge >= 0.3 is 0 Å². The molecule has 27 heavy (non-hydrogen) atoms. The molecule has 1 saturated carbocycles. The van der Waals surface area contributed by atoms with Gasteiger partial charge in [-0.2, -0.15) is 0 Å². The summed E-state index contributed by atoms with van der Waals surface area (Å²) in [6.07, 6.45) is 8.56. The van der Waals surface area contributed by atoms with Crippen LogP contribution in [0.1, 0.15) is 50.5 Å². The number of aryl methyl sites for hydroxylation is 1. The van der Waals surface area contributed by atoms with Crippen LogP contribution in [0.3, 0.4) is 0 Å². The zero-order chi connectivity index (χ0) is 19.0. The van der Waals surface area contributed by atoms with Crippen LogP contribution in [0.2, 0.25) is 0 Å². The lowest BCUT2D eigenvalue weighted by Crippen LogP contribution is -2.47. The molecule has 0 radical (unpaired) electrons. The number of nitrogens with one attached hydrogen (secondary N) is 2. The number of methoxy groups -OCH3 is 1. The molecule has 1 heterocycles. The van der Waals surface area contributed by atoms with Gasteiger partial charge in [0.05, 0.1) is 12.7 Å². The third kappa shape index (κ3) is 6.22. The van der Waals surface area contributed by atoms with Crippen molar-refractivity contribution < 1.29 is 14.3 Å². The smallest absolute Gasteiger partial charge is 0.220 e. The molecule has 1 aliphatic heterocycles. The second-order valence-electron chi connectivity index (χ2n) is 8.13. The van der Waals surface area contributed by atoms with Crippen molar-refractivity contribution in [3.63, 3.8) is 0 Å². The lowest BCUT2D eigenvalue weighted by atomic mass is 9.79. The lowest BCUT2D eigenvalue weighted by Gasteiger charge is -2.37. The van der Waals surface area contributed by atoms with Gasteiger partial charge < -0.3 is 20.1 Å². The quantitative estimate of drug-likeness (QED) is 0.697. The monoisotopic (exact) mass is 374 g/mol. The second-order valence-corrected chi connectivity index (χ2v) is 8.13. The van der Waals surface area contributed by atoms with Crippen molar-refractivity contribution in [3.05, 3.63) is 29.8 Å². The van der Waals surface area contributed by atoms with E-state index in [0.717, 1.165) is 56.5 Å². The maximum atomic E-state index is 12.4. The molecule has 1 aliphatic carbocycles. The fourth-order valence-corrected chi connectivity index (χ4v) is 4.24. The van der Waals surface area contributed by atoms with Crippen molar-refractivity contribution in [3.8, 4) is 5.75 Å². The minimum Gasteiger partial charge on any atom is -0.490 e. The molecular formula is C22H34N2O3. The highest BCUT2D eigenvalue weighted by Crippen LogP contribution is 2.28. The van der Waals surface area contributed by atoms with Crippen LogP contribution in [0.4, 0.5) is 0 Å². The first-order valence-corrected chi connectivity index (χ1v) is 10.4. The summed E-state index contributed by atoms with van der Waals surface area (Å²) in [4.78, 5) is 12.4. The van der Waals surface area contributed by atoms with Crippen LogP contribution in [-0.4, -0.2) is 45.4 Å². The number of rotatable bonds is 9. The van der Waals surface area contributed by atoms with Gasteiger partial charge in [0, 0.05) is 25.5 Å². The van der Waals surface area contributed by atoms with Crippen LogP contribution >= 0.6 is 0 Å². The van der Waals surface area contributed by atoms with Crippen LogP contribution in [0.5, 0.6) is 5.75 Å². The molecule has 1 aromatic rings. The zero-order valence-electron chi connectivity index (χ0n) is 16.6. The van der Waals surface area contributed by atoms with E-state index >= 15 is 0 Å². The van der Waals surface area contributed by atoms with Gasteiger partial charge in [0.2, 0.25) is 5.91 Å². The average molecular weight is 375 g/mol. The van der Waals surface area contributed by atoms with Crippen molar-refractivity contribution in [2.45, 2.75) is 57.5 Å².